The first kappa shape index (κ1) is 7.84. The van der Waals surface area contributed by atoms with E-state index in [1.807, 2.05) is 25.1 Å². The number of rotatable bonds is 1. The summed E-state index contributed by atoms with van der Waals surface area (Å²) >= 11 is 0. The fourth-order valence-electron chi connectivity index (χ4n) is 0.986. The molecule has 0 aromatic heterocycles. The molecule has 1 nitrogen and oxygen atoms in total. The molecule has 0 aliphatic carbocycles. The normalized spacial score (nSPS) is 9.18. The highest BCUT2D eigenvalue weighted by Gasteiger charge is 1.95. The molecule has 0 spiro atoms. The van der Waals surface area contributed by atoms with E-state index >= 15 is 0 Å². The van der Waals surface area contributed by atoms with Gasteiger partial charge in [-0.2, -0.15) is 0 Å². The van der Waals surface area contributed by atoms with Gasteiger partial charge in [0, 0.05) is 5.56 Å². The number of benzene rings is 1. The molecule has 0 radical (unpaired) electrons. The van der Waals surface area contributed by atoms with Crippen LogP contribution in [0.1, 0.15) is 16.7 Å². The number of terminal acetylenes is 1. The Labute approximate surface area is 66.7 Å². The fraction of sp³-hybridized carbons (Fsp3) is 0.200. The van der Waals surface area contributed by atoms with Crippen molar-refractivity contribution in [2.45, 2.75) is 13.5 Å². The maximum absolute atomic E-state index is 8.77. The second-order valence-corrected chi connectivity index (χ2v) is 2.45. The first-order valence-electron chi connectivity index (χ1n) is 3.45. The van der Waals surface area contributed by atoms with Crippen LogP contribution in [0.25, 0.3) is 0 Å². The molecule has 1 aromatic carbocycles. The molecule has 0 aliphatic heterocycles. The van der Waals surface area contributed by atoms with Crippen LogP contribution >= 0.6 is 0 Å². The maximum Gasteiger partial charge on any atom is 0.0681 e. The Hall–Kier alpha value is -1.26. The molecule has 56 valence electrons. The van der Waals surface area contributed by atoms with E-state index in [2.05, 4.69) is 5.92 Å². The van der Waals surface area contributed by atoms with E-state index in [1.165, 1.54) is 0 Å². The lowest BCUT2D eigenvalue weighted by atomic mass is 10.1. The Bertz CT molecular complexity index is 294. The molecular formula is C10H10O. The summed E-state index contributed by atoms with van der Waals surface area (Å²) in [6, 6.07) is 5.58. The lowest BCUT2D eigenvalue weighted by Crippen LogP contribution is -1.87. The van der Waals surface area contributed by atoms with Gasteiger partial charge in [0.1, 0.15) is 0 Å². The average Bonchev–Trinajstić information content (AvgIpc) is 2.04. The van der Waals surface area contributed by atoms with Gasteiger partial charge in [-0.3, -0.25) is 0 Å². The van der Waals surface area contributed by atoms with E-state index < -0.39 is 0 Å². The number of hydrogen-bond donors (Lipinski definition) is 1. The molecule has 0 atom stereocenters. The van der Waals surface area contributed by atoms with Crippen molar-refractivity contribution in [3.05, 3.63) is 34.9 Å². The van der Waals surface area contributed by atoms with Crippen LogP contribution in [0.3, 0.4) is 0 Å². The highest BCUT2D eigenvalue weighted by Crippen LogP contribution is 2.09. The van der Waals surface area contributed by atoms with E-state index in [4.69, 9.17) is 11.5 Å². The third kappa shape index (κ3) is 1.60. The lowest BCUT2D eigenvalue weighted by Gasteiger charge is -2.00. The smallest absolute Gasteiger partial charge is 0.0681 e. The molecule has 0 amide bonds. The molecule has 11 heavy (non-hydrogen) atoms. The molecule has 1 rings (SSSR count). The second-order valence-electron chi connectivity index (χ2n) is 2.45. The maximum atomic E-state index is 8.77. The SMILES string of the molecule is C#Cc1ccc(CO)cc1C. The van der Waals surface area contributed by atoms with Crippen LogP contribution in [0.4, 0.5) is 0 Å². The summed E-state index contributed by atoms with van der Waals surface area (Å²) in [5.74, 6) is 2.56. The molecule has 0 unspecified atom stereocenters. The van der Waals surface area contributed by atoms with Gasteiger partial charge in [-0.15, -0.1) is 6.42 Å². The van der Waals surface area contributed by atoms with Crippen molar-refractivity contribution in [3.8, 4) is 12.3 Å². The Balaban J connectivity index is 3.12. The van der Waals surface area contributed by atoms with Gasteiger partial charge < -0.3 is 5.11 Å². The quantitative estimate of drug-likeness (QED) is 0.595. The zero-order valence-corrected chi connectivity index (χ0v) is 6.46. The minimum atomic E-state index is 0.0751. The first-order valence-corrected chi connectivity index (χ1v) is 3.45. The van der Waals surface area contributed by atoms with E-state index in [1.54, 1.807) is 0 Å². The summed E-state index contributed by atoms with van der Waals surface area (Å²) in [7, 11) is 0. The van der Waals surface area contributed by atoms with Crippen LogP contribution < -0.4 is 0 Å². The first-order chi connectivity index (χ1) is 5.27. The Morgan fingerprint density at radius 2 is 2.27 bits per heavy atom. The van der Waals surface area contributed by atoms with Gasteiger partial charge in [-0.1, -0.05) is 18.1 Å². The largest absolute Gasteiger partial charge is 0.392 e. The van der Waals surface area contributed by atoms with Crippen LogP contribution in [0.2, 0.25) is 0 Å². The van der Waals surface area contributed by atoms with Crippen LogP contribution in [0.5, 0.6) is 0 Å². The van der Waals surface area contributed by atoms with Crippen molar-refractivity contribution < 1.29 is 5.11 Å². The summed E-state index contributed by atoms with van der Waals surface area (Å²) in [5.41, 5.74) is 2.84. The summed E-state index contributed by atoms with van der Waals surface area (Å²) in [5, 5.41) is 8.77. The van der Waals surface area contributed by atoms with Crippen LogP contribution in [-0.4, -0.2) is 5.11 Å². The molecule has 0 fully saturated rings. The van der Waals surface area contributed by atoms with Gasteiger partial charge in [0.15, 0.2) is 0 Å². The number of aryl methyl sites for hydroxylation is 1. The summed E-state index contributed by atoms with van der Waals surface area (Å²) in [4.78, 5) is 0. The summed E-state index contributed by atoms with van der Waals surface area (Å²) in [6.07, 6.45) is 5.23. The Morgan fingerprint density at radius 3 is 2.73 bits per heavy atom. The zero-order chi connectivity index (χ0) is 8.27. The molecule has 1 aromatic rings. The topological polar surface area (TPSA) is 20.2 Å². The number of aliphatic hydroxyl groups excluding tert-OH is 1. The Morgan fingerprint density at radius 1 is 1.55 bits per heavy atom. The molecule has 0 aliphatic rings. The zero-order valence-electron chi connectivity index (χ0n) is 6.46. The molecular weight excluding hydrogens is 136 g/mol. The standard InChI is InChI=1S/C10H10O/c1-3-10-5-4-9(7-11)6-8(10)2/h1,4-6,11H,7H2,2H3. The van der Waals surface area contributed by atoms with Crippen molar-refractivity contribution in [2.24, 2.45) is 0 Å². The van der Waals surface area contributed by atoms with Gasteiger partial charge in [0.25, 0.3) is 0 Å². The van der Waals surface area contributed by atoms with Gasteiger partial charge in [-0.25, -0.2) is 0 Å². The molecule has 0 bridgehead atoms. The minimum absolute atomic E-state index is 0.0751. The second kappa shape index (κ2) is 3.23. The van der Waals surface area contributed by atoms with E-state index in [-0.39, 0.29) is 6.61 Å². The number of aliphatic hydroxyl groups is 1. The summed E-state index contributed by atoms with van der Waals surface area (Å²) < 4.78 is 0. The number of hydrogen-bond acceptors (Lipinski definition) is 1. The third-order valence-corrected chi connectivity index (χ3v) is 1.63. The van der Waals surface area contributed by atoms with Crippen molar-refractivity contribution in [3.63, 3.8) is 0 Å². The van der Waals surface area contributed by atoms with Gasteiger partial charge in [0.2, 0.25) is 0 Å². The van der Waals surface area contributed by atoms with E-state index in [0.717, 1.165) is 16.7 Å². The van der Waals surface area contributed by atoms with Crippen LogP contribution in [-0.2, 0) is 6.61 Å². The average molecular weight is 146 g/mol. The molecule has 0 saturated carbocycles. The van der Waals surface area contributed by atoms with Crippen molar-refractivity contribution in [1.82, 2.24) is 0 Å². The lowest BCUT2D eigenvalue weighted by molar-refractivity contribution is 0.282. The molecule has 1 N–H and O–H groups in total. The van der Waals surface area contributed by atoms with Gasteiger partial charge in [-0.05, 0) is 24.1 Å². The summed E-state index contributed by atoms with van der Waals surface area (Å²) in [6.45, 7) is 2.01. The van der Waals surface area contributed by atoms with Crippen molar-refractivity contribution in [2.75, 3.05) is 0 Å². The van der Waals surface area contributed by atoms with Crippen LogP contribution in [0, 0.1) is 19.3 Å². The molecule has 0 saturated heterocycles. The fourth-order valence-corrected chi connectivity index (χ4v) is 0.986. The van der Waals surface area contributed by atoms with E-state index in [9.17, 15) is 0 Å². The molecule has 0 heterocycles. The van der Waals surface area contributed by atoms with Crippen molar-refractivity contribution in [1.29, 1.82) is 0 Å². The monoisotopic (exact) mass is 146 g/mol. The van der Waals surface area contributed by atoms with Gasteiger partial charge in [0.05, 0.1) is 6.61 Å². The van der Waals surface area contributed by atoms with Crippen LogP contribution in [0.15, 0.2) is 18.2 Å². The predicted molar refractivity (Wildman–Crippen MR) is 45.0 cm³/mol. The van der Waals surface area contributed by atoms with Gasteiger partial charge >= 0.3 is 0 Å². The minimum Gasteiger partial charge on any atom is -0.392 e. The van der Waals surface area contributed by atoms with E-state index in [0.29, 0.717) is 0 Å². The third-order valence-electron chi connectivity index (χ3n) is 1.63. The predicted octanol–water partition coefficient (Wildman–Crippen LogP) is 1.47. The van der Waals surface area contributed by atoms with Crippen molar-refractivity contribution >= 4 is 0 Å². The highest BCUT2D eigenvalue weighted by atomic mass is 16.3. The Kier molecular flexibility index (Phi) is 2.30. The highest BCUT2D eigenvalue weighted by molar-refractivity contribution is 5.41. The molecule has 1 heteroatoms.